The van der Waals surface area contributed by atoms with Gasteiger partial charge < -0.3 is 15.0 Å². The highest BCUT2D eigenvalue weighted by Gasteiger charge is 2.28. The molecular weight excluding hydrogens is 352 g/mol. The van der Waals surface area contributed by atoms with Crippen LogP contribution >= 0.6 is 11.6 Å². The summed E-state index contributed by atoms with van der Waals surface area (Å²) in [6.45, 7) is 10.8. The molecule has 1 saturated heterocycles. The fourth-order valence-corrected chi connectivity index (χ4v) is 3.01. The molecule has 0 bridgehead atoms. The molecule has 0 atom stereocenters. The molecule has 1 aromatic carbocycles. The summed E-state index contributed by atoms with van der Waals surface area (Å²) in [5.74, 6) is 0.681. The van der Waals surface area contributed by atoms with Crippen molar-refractivity contribution in [1.82, 2.24) is 10.2 Å². The zero-order valence-corrected chi connectivity index (χ0v) is 17.1. The van der Waals surface area contributed by atoms with E-state index in [1.165, 1.54) is 0 Å². The number of halogens is 1. The first-order chi connectivity index (χ1) is 12.1. The van der Waals surface area contributed by atoms with Crippen LogP contribution in [0.1, 0.15) is 44.7 Å². The largest absolute Gasteiger partial charge is 0.484 e. The Morgan fingerprint density at radius 1 is 1.19 bits per heavy atom. The van der Waals surface area contributed by atoms with Crippen LogP contribution in [0.4, 0.5) is 0 Å². The number of piperidine rings is 1. The predicted octanol–water partition coefficient (Wildman–Crippen LogP) is 3.49. The van der Waals surface area contributed by atoms with Crippen LogP contribution in [0.2, 0.25) is 5.02 Å². The number of ether oxygens (including phenoxy) is 1. The van der Waals surface area contributed by atoms with Crippen molar-refractivity contribution in [2.45, 2.75) is 53.5 Å². The Balaban J connectivity index is 1.81. The number of likely N-dealkylation sites (tertiary alicyclic amines) is 1. The summed E-state index contributed by atoms with van der Waals surface area (Å²) >= 11 is 6.15. The molecule has 2 rings (SSSR count). The van der Waals surface area contributed by atoms with Crippen LogP contribution in [0.3, 0.4) is 0 Å². The van der Waals surface area contributed by atoms with Crippen molar-refractivity contribution in [2.75, 3.05) is 19.7 Å². The fraction of sp³-hybridized carbons (Fsp3) is 0.600. The lowest BCUT2D eigenvalue weighted by Gasteiger charge is -2.33. The number of amides is 2. The number of carbonyl (C=O) groups is 2. The van der Waals surface area contributed by atoms with E-state index < -0.39 is 5.41 Å². The van der Waals surface area contributed by atoms with Gasteiger partial charge in [0.2, 0.25) is 5.91 Å². The molecule has 0 unspecified atom stereocenters. The molecule has 1 N–H and O–H groups in total. The van der Waals surface area contributed by atoms with E-state index >= 15 is 0 Å². The lowest BCUT2D eigenvalue weighted by atomic mass is 9.94. The first-order valence-corrected chi connectivity index (χ1v) is 9.44. The van der Waals surface area contributed by atoms with Crippen molar-refractivity contribution in [3.63, 3.8) is 0 Å². The molecule has 1 aromatic rings. The third-order valence-corrected chi connectivity index (χ3v) is 5.23. The van der Waals surface area contributed by atoms with Gasteiger partial charge in [0.15, 0.2) is 6.61 Å². The Hall–Kier alpha value is -1.75. The van der Waals surface area contributed by atoms with Gasteiger partial charge in [-0.05, 0) is 49.9 Å². The molecule has 0 aliphatic carbocycles. The number of hydrogen-bond donors (Lipinski definition) is 1. The van der Waals surface area contributed by atoms with E-state index in [9.17, 15) is 9.59 Å². The lowest BCUT2D eigenvalue weighted by Crippen LogP contribution is -2.49. The van der Waals surface area contributed by atoms with Crippen LogP contribution in [0, 0.1) is 19.3 Å². The molecule has 0 saturated carbocycles. The maximum Gasteiger partial charge on any atom is 0.260 e. The smallest absolute Gasteiger partial charge is 0.260 e. The minimum atomic E-state index is -0.393. The van der Waals surface area contributed by atoms with Crippen LogP contribution in [-0.4, -0.2) is 42.5 Å². The predicted molar refractivity (Wildman–Crippen MR) is 104 cm³/mol. The van der Waals surface area contributed by atoms with E-state index in [0.29, 0.717) is 18.8 Å². The summed E-state index contributed by atoms with van der Waals surface area (Å²) in [4.78, 5) is 26.3. The van der Waals surface area contributed by atoms with Gasteiger partial charge in [-0.15, -0.1) is 0 Å². The zero-order valence-electron chi connectivity index (χ0n) is 16.3. The Labute approximate surface area is 161 Å². The third kappa shape index (κ3) is 5.37. The van der Waals surface area contributed by atoms with Gasteiger partial charge in [-0.25, -0.2) is 0 Å². The van der Waals surface area contributed by atoms with Crippen molar-refractivity contribution in [2.24, 2.45) is 5.41 Å². The van der Waals surface area contributed by atoms with Crippen LogP contribution in [-0.2, 0) is 9.59 Å². The van der Waals surface area contributed by atoms with E-state index in [4.69, 9.17) is 16.3 Å². The first kappa shape index (κ1) is 20.6. The summed E-state index contributed by atoms with van der Waals surface area (Å²) in [6.07, 6.45) is 1.54. The zero-order chi connectivity index (χ0) is 19.5. The fourth-order valence-electron chi connectivity index (χ4n) is 2.90. The molecule has 0 spiro atoms. The van der Waals surface area contributed by atoms with Gasteiger partial charge in [0.05, 0.1) is 0 Å². The van der Waals surface area contributed by atoms with Crippen LogP contribution in [0.25, 0.3) is 0 Å². The van der Waals surface area contributed by atoms with E-state index in [2.05, 4.69) is 5.32 Å². The first-order valence-electron chi connectivity index (χ1n) is 9.06. The van der Waals surface area contributed by atoms with E-state index in [0.717, 1.165) is 29.0 Å². The average molecular weight is 381 g/mol. The van der Waals surface area contributed by atoms with Gasteiger partial charge in [-0.1, -0.05) is 32.4 Å². The minimum Gasteiger partial charge on any atom is -0.484 e. The van der Waals surface area contributed by atoms with Crippen molar-refractivity contribution in [1.29, 1.82) is 0 Å². The summed E-state index contributed by atoms with van der Waals surface area (Å²) < 4.78 is 5.65. The molecular formula is C20H29ClN2O3. The highest BCUT2D eigenvalue weighted by Crippen LogP contribution is 2.26. The third-order valence-electron chi connectivity index (χ3n) is 4.64. The molecule has 0 radical (unpaired) electrons. The maximum absolute atomic E-state index is 12.4. The Bertz CT molecular complexity index is 651. The standard InChI is InChI=1S/C20H29ClN2O3/c1-13-10-16(11-14(2)18(13)21)26-12-17(24)23-8-6-15(7-9-23)22-19(25)20(3,4)5/h10-11,15H,6-9,12H2,1-5H3,(H,22,25). The molecule has 1 heterocycles. The van der Waals surface area contributed by atoms with E-state index in [1.807, 2.05) is 46.8 Å². The van der Waals surface area contributed by atoms with Crippen molar-refractivity contribution >= 4 is 23.4 Å². The van der Waals surface area contributed by atoms with Gasteiger partial charge >= 0.3 is 0 Å². The number of nitrogens with zero attached hydrogens (tertiary/aromatic N) is 1. The Morgan fingerprint density at radius 2 is 1.73 bits per heavy atom. The monoisotopic (exact) mass is 380 g/mol. The molecule has 1 fully saturated rings. The summed E-state index contributed by atoms with van der Waals surface area (Å²) in [5, 5.41) is 3.80. The van der Waals surface area contributed by atoms with Gasteiger partial charge in [-0.2, -0.15) is 0 Å². The normalized spacial score (nSPS) is 15.7. The summed E-state index contributed by atoms with van der Waals surface area (Å²) in [6, 6.07) is 3.82. The van der Waals surface area contributed by atoms with Gasteiger partial charge in [0, 0.05) is 29.6 Å². The Kier molecular flexibility index (Phi) is 6.56. The average Bonchev–Trinajstić information content (AvgIpc) is 2.57. The van der Waals surface area contributed by atoms with E-state index in [1.54, 1.807) is 4.90 Å². The number of hydrogen-bond acceptors (Lipinski definition) is 3. The van der Waals surface area contributed by atoms with Crippen LogP contribution in [0.15, 0.2) is 12.1 Å². The van der Waals surface area contributed by atoms with Gasteiger partial charge in [-0.3, -0.25) is 9.59 Å². The summed E-state index contributed by atoms with van der Waals surface area (Å²) in [5.41, 5.74) is 1.48. The molecule has 6 heteroatoms. The van der Waals surface area contributed by atoms with Gasteiger partial charge in [0.25, 0.3) is 5.91 Å². The Morgan fingerprint density at radius 3 is 2.23 bits per heavy atom. The van der Waals surface area contributed by atoms with Crippen LogP contribution < -0.4 is 10.1 Å². The lowest BCUT2D eigenvalue weighted by molar-refractivity contribution is -0.134. The SMILES string of the molecule is Cc1cc(OCC(=O)N2CCC(NC(=O)C(C)(C)C)CC2)cc(C)c1Cl. The second-order valence-corrected chi connectivity index (χ2v) is 8.42. The quantitative estimate of drug-likeness (QED) is 0.869. The molecule has 1 aliphatic rings. The number of aryl methyl sites for hydroxylation is 2. The highest BCUT2D eigenvalue weighted by atomic mass is 35.5. The van der Waals surface area contributed by atoms with Crippen molar-refractivity contribution < 1.29 is 14.3 Å². The second-order valence-electron chi connectivity index (χ2n) is 8.04. The van der Waals surface area contributed by atoms with E-state index in [-0.39, 0.29) is 24.5 Å². The molecule has 2 amide bonds. The second kappa shape index (κ2) is 8.30. The van der Waals surface area contributed by atoms with Crippen LogP contribution in [0.5, 0.6) is 5.75 Å². The maximum atomic E-state index is 12.4. The van der Waals surface area contributed by atoms with Gasteiger partial charge in [0.1, 0.15) is 5.75 Å². The molecule has 1 aliphatic heterocycles. The summed E-state index contributed by atoms with van der Waals surface area (Å²) in [7, 11) is 0. The molecule has 0 aromatic heterocycles. The number of carbonyl (C=O) groups excluding carboxylic acids is 2. The van der Waals surface area contributed by atoms with Crippen molar-refractivity contribution in [3.05, 3.63) is 28.3 Å². The number of nitrogens with one attached hydrogen (secondary N) is 1. The number of benzene rings is 1. The highest BCUT2D eigenvalue weighted by molar-refractivity contribution is 6.32. The topological polar surface area (TPSA) is 58.6 Å². The number of rotatable bonds is 4. The molecule has 144 valence electrons. The molecule has 26 heavy (non-hydrogen) atoms. The molecule has 5 nitrogen and oxygen atoms in total. The minimum absolute atomic E-state index is 0.0134. The van der Waals surface area contributed by atoms with Crippen molar-refractivity contribution in [3.8, 4) is 5.75 Å².